The minimum atomic E-state index is -3.11. The summed E-state index contributed by atoms with van der Waals surface area (Å²) < 4.78 is 24.7. The number of hydrogen-bond acceptors (Lipinski definition) is 4. The van der Waals surface area contributed by atoms with Crippen molar-refractivity contribution in [3.8, 4) is 0 Å². The summed E-state index contributed by atoms with van der Waals surface area (Å²) in [7, 11) is -3.11. The molecule has 2 fully saturated rings. The van der Waals surface area contributed by atoms with Crippen LogP contribution in [0.5, 0.6) is 0 Å². The lowest BCUT2D eigenvalue weighted by Gasteiger charge is -2.43. The van der Waals surface area contributed by atoms with E-state index in [1.807, 2.05) is 26.0 Å². The van der Waals surface area contributed by atoms with E-state index in [1.165, 1.54) is 0 Å². The fourth-order valence-electron chi connectivity index (χ4n) is 4.19. The Hall–Kier alpha value is -1.40. The van der Waals surface area contributed by atoms with E-state index >= 15 is 0 Å². The highest BCUT2D eigenvalue weighted by molar-refractivity contribution is 7.91. The predicted molar refractivity (Wildman–Crippen MR) is 101 cm³/mol. The van der Waals surface area contributed by atoms with Crippen LogP contribution in [-0.2, 0) is 14.6 Å². The summed E-state index contributed by atoms with van der Waals surface area (Å²) in [5.74, 6) is 0.249. The normalized spacial score (nSPS) is 26.0. The highest BCUT2D eigenvalue weighted by Gasteiger charge is 2.49. The largest absolute Gasteiger partial charge is 0.306 e. The average molecular weight is 365 g/mol. The Balaban J connectivity index is 1.92. The summed E-state index contributed by atoms with van der Waals surface area (Å²) in [4.78, 5) is 16.8. The average Bonchev–Trinajstić information content (AvgIpc) is 2.81. The molecule has 2 heterocycles. The van der Waals surface area contributed by atoms with Crippen molar-refractivity contribution in [1.82, 2.24) is 4.90 Å². The number of piperazine rings is 1. The topological polar surface area (TPSA) is 57.7 Å². The molecule has 1 aromatic rings. The second-order valence-electron chi connectivity index (χ2n) is 7.50. The molecule has 0 saturated carbocycles. The monoisotopic (exact) mass is 364 g/mol. The van der Waals surface area contributed by atoms with Crippen LogP contribution in [0.2, 0.25) is 0 Å². The molecule has 0 radical (unpaired) electrons. The zero-order valence-corrected chi connectivity index (χ0v) is 16.2. The zero-order valence-electron chi connectivity index (χ0n) is 15.4. The number of carbonyl (C=O) groups is 1. The van der Waals surface area contributed by atoms with Gasteiger partial charge in [0, 0.05) is 11.7 Å². The van der Waals surface area contributed by atoms with Crippen LogP contribution in [0.3, 0.4) is 0 Å². The molecular formula is C19H28N2O3S. The van der Waals surface area contributed by atoms with Gasteiger partial charge in [-0.3, -0.25) is 9.69 Å². The third-order valence-electron chi connectivity index (χ3n) is 5.23. The van der Waals surface area contributed by atoms with Crippen molar-refractivity contribution >= 4 is 21.4 Å². The molecule has 25 heavy (non-hydrogen) atoms. The van der Waals surface area contributed by atoms with E-state index in [2.05, 4.69) is 17.9 Å². The van der Waals surface area contributed by atoms with Gasteiger partial charge < -0.3 is 4.90 Å². The van der Waals surface area contributed by atoms with E-state index in [-0.39, 0.29) is 29.5 Å². The molecule has 5 nitrogen and oxygen atoms in total. The van der Waals surface area contributed by atoms with E-state index in [0.29, 0.717) is 6.54 Å². The minimum absolute atomic E-state index is 0.0137. The molecular weight excluding hydrogens is 336 g/mol. The number of amides is 1. The van der Waals surface area contributed by atoms with Crippen LogP contribution in [0, 0.1) is 13.8 Å². The first-order chi connectivity index (χ1) is 11.8. The summed E-state index contributed by atoms with van der Waals surface area (Å²) in [6.07, 6.45) is 3.23. The SMILES string of the molecule is CCCCCN1CC(=O)N(c2cc(C)cc(C)c2)[C@@H]2CS(=O)(=O)C[C@@H]21. The van der Waals surface area contributed by atoms with Crippen LogP contribution in [-0.4, -0.2) is 55.9 Å². The molecule has 0 aromatic heterocycles. The Labute approximate surface area is 150 Å². The minimum Gasteiger partial charge on any atom is -0.306 e. The molecule has 0 spiro atoms. The van der Waals surface area contributed by atoms with Crippen molar-refractivity contribution in [3.63, 3.8) is 0 Å². The molecule has 1 aromatic carbocycles. The summed E-state index contributed by atoms with van der Waals surface area (Å²) >= 11 is 0. The molecule has 1 amide bonds. The standard InChI is InChI=1S/C19H28N2O3S/c1-4-5-6-7-20-11-19(22)21(16-9-14(2)8-15(3)10-16)18-13-25(23,24)12-17(18)20/h8-10,17-18H,4-7,11-13H2,1-3H3/t17-,18+/m0/s1. The van der Waals surface area contributed by atoms with Gasteiger partial charge in [0.2, 0.25) is 5.91 Å². The van der Waals surface area contributed by atoms with Crippen molar-refractivity contribution in [2.45, 2.75) is 52.1 Å². The predicted octanol–water partition coefficient (Wildman–Crippen LogP) is 2.31. The number of fused-ring (bicyclic) bond motifs is 1. The lowest BCUT2D eigenvalue weighted by molar-refractivity contribution is -0.123. The van der Waals surface area contributed by atoms with Gasteiger partial charge in [-0.15, -0.1) is 0 Å². The van der Waals surface area contributed by atoms with Gasteiger partial charge in [-0.1, -0.05) is 25.8 Å². The smallest absolute Gasteiger partial charge is 0.241 e. The molecule has 2 atom stereocenters. The van der Waals surface area contributed by atoms with Crippen molar-refractivity contribution in [2.24, 2.45) is 0 Å². The van der Waals surface area contributed by atoms with Crippen LogP contribution < -0.4 is 4.90 Å². The molecule has 0 unspecified atom stereocenters. The van der Waals surface area contributed by atoms with Crippen LogP contribution in [0.1, 0.15) is 37.3 Å². The third-order valence-corrected chi connectivity index (χ3v) is 6.93. The van der Waals surface area contributed by atoms with Gasteiger partial charge in [-0.2, -0.15) is 0 Å². The van der Waals surface area contributed by atoms with Crippen LogP contribution >= 0.6 is 0 Å². The van der Waals surface area contributed by atoms with Gasteiger partial charge in [0.25, 0.3) is 0 Å². The van der Waals surface area contributed by atoms with Crippen LogP contribution in [0.4, 0.5) is 5.69 Å². The molecule has 0 aliphatic carbocycles. The van der Waals surface area contributed by atoms with E-state index in [1.54, 1.807) is 4.90 Å². The van der Waals surface area contributed by atoms with Crippen molar-refractivity contribution in [1.29, 1.82) is 0 Å². The van der Waals surface area contributed by atoms with Gasteiger partial charge in [0.15, 0.2) is 9.84 Å². The Kier molecular flexibility index (Phi) is 5.21. The molecule has 138 valence electrons. The molecule has 6 heteroatoms. The number of sulfone groups is 1. The molecule has 2 aliphatic rings. The quantitative estimate of drug-likeness (QED) is 0.753. The van der Waals surface area contributed by atoms with Crippen LogP contribution in [0.15, 0.2) is 18.2 Å². The second-order valence-corrected chi connectivity index (χ2v) is 9.65. The second kappa shape index (κ2) is 7.08. The summed E-state index contributed by atoms with van der Waals surface area (Å²) in [5.41, 5.74) is 3.01. The van der Waals surface area contributed by atoms with E-state index in [0.717, 1.165) is 42.6 Å². The number of aryl methyl sites for hydroxylation is 2. The summed E-state index contributed by atoms with van der Waals surface area (Å²) in [6.45, 7) is 7.27. The number of hydrogen-bond donors (Lipinski definition) is 0. The van der Waals surface area contributed by atoms with Gasteiger partial charge in [-0.05, 0) is 50.1 Å². The highest BCUT2D eigenvalue weighted by atomic mass is 32.2. The fraction of sp³-hybridized carbons (Fsp3) is 0.632. The van der Waals surface area contributed by atoms with Gasteiger partial charge >= 0.3 is 0 Å². The maximum atomic E-state index is 12.9. The molecule has 2 saturated heterocycles. The number of carbonyl (C=O) groups excluding carboxylic acids is 1. The Morgan fingerprint density at radius 1 is 1.04 bits per heavy atom. The van der Waals surface area contributed by atoms with Crippen molar-refractivity contribution in [2.75, 3.05) is 29.5 Å². The van der Waals surface area contributed by atoms with Crippen molar-refractivity contribution < 1.29 is 13.2 Å². The van der Waals surface area contributed by atoms with E-state index < -0.39 is 9.84 Å². The third kappa shape index (κ3) is 3.90. The highest BCUT2D eigenvalue weighted by Crippen LogP contribution is 2.32. The first kappa shape index (κ1) is 18.4. The fourth-order valence-corrected chi connectivity index (χ4v) is 6.17. The van der Waals surface area contributed by atoms with Crippen LogP contribution in [0.25, 0.3) is 0 Å². The zero-order chi connectivity index (χ0) is 18.2. The first-order valence-electron chi connectivity index (χ1n) is 9.15. The maximum Gasteiger partial charge on any atom is 0.241 e. The Morgan fingerprint density at radius 2 is 1.68 bits per heavy atom. The van der Waals surface area contributed by atoms with Gasteiger partial charge in [-0.25, -0.2) is 8.42 Å². The number of anilines is 1. The molecule has 0 bridgehead atoms. The molecule has 0 N–H and O–H groups in total. The molecule has 2 aliphatic heterocycles. The number of rotatable bonds is 5. The number of nitrogens with zero attached hydrogens (tertiary/aromatic N) is 2. The molecule has 3 rings (SSSR count). The summed E-state index contributed by atoms with van der Waals surface area (Å²) in [6, 6.07) is 5.69. The van der Waals surface area contributed by atoms with E-state index in [9.17, 15) is 13.2 Å². The van der Waals surface area contributed by atoms with Gasteiger partial charge in [0.1, 0.15) is 0 Å². The lowest BCUT2D eigenvalue weighted by Crippen LogP contribution is -2.62. The number of benzene rings is 1. The van der Waals surface area contributed by atoms with Gasteiger partial charge in [0.05, 0.1) is 24.1 Å². The Morgan fingerprint density at radius 3 is 2.32 bits per heavy atom. The maximum absolute atomic E-state index is 12.9. The first-order valence-corrected chi connectivity index (χ1v) is 11.0. The number of unbranched alkanes of at least 4 members (excludes halogenated alkanes) is 2. The lowest BCUT2D eigenvalue weighted by atomic mass is 10.0. The van der Waals surface area contributed by atoms with Crippen molar-refractivity contribution in [3.05, 3.63) is 29.3 Å². The summed E-state index contributed by atoms with van der Waals surface area (Å²) in [5, 5.41) is 0. The Bertz CT molecular complexity index is 740. The van der Waals surface area contributed by atoms with E-state index in [4.69, 9.17) is 0 Å².